The van der Waals surface area contributed by atoms with Gasteiger partial charge in [0.1, 0.15) is 0 Å². The van der Waals surface area contributed by atoms with Gasteiger partial charge < -0.3 is 15.5 Å². The summed E-state index contributed by atoms with van der Waals surface area (Å²) in [5.41, 5.74) is 1.82. The molecule has 0 aromatic heterocycles. The fraction of sp³-hybridized carbons (Fsp3) is 0.720. The topological polar surface area (TPSA) is 69.6 Å². The van der Waals surface area contributed by atoms with Crippen LogP contribution in [-0.2, 0) is 6.42 Å². The zero-order valence-electron chi connectivity index (χ0n) is 18.7. The molecule has 0 aliphatic carbocycles. The second-order valence-electron chi connectivity index (χ2n) is 8.25. The maximum atomic E-state index is 12.5. The van der Waals surface area contributed by atoms with E-state index in [4.69, 9.17) is 0 Å². The molecule has 1 rings (SSSR count). The number of aliphatic hydroxyl groups excluding tert-OH is 2. The van der Waals surface area contributed by atoms with Gasteiger partial charge in [-0.05, 0) is 37.0 Å². The van der Waals surface area contributed by atoms with E-state index in [9.17, 15) is 15.0 Å². The molecule has 0 radical (unpaired) electrons. The van der Waals surface area contributed by atoms with Gasteiger partial charge in [-0.2, -0.15) is 0 Å². The summed E-state index contributed by atoms with van der Waals surface area (Å²) in [7, 11) is 0. The van der Waals surface area contributed by atoms with E-state index in [-0.39, 0.29) is 12.5 Å². The predicted octanol–water partition coefficient (Wildman–Crippen LogP) is 5.40. The lowest BCUT2D eigenvalue weighted by atomic mass is 10.0. The number of aryl methyl sites for hydroxylation is 1. The summed E-state index contributed by atoms with van der Waals surface area (Å²) >= 11 is 0. The van der Waals surface area contributed by atoms with E-state index in [0.717, 1.165) is 19.3 Å². The van der Waals surface area contributed by atoms with Gasteiger partial charge in [-0.25, -0.2) is 0 Å². The first-order valence-corrected chi connectivity index (χ1v) is 11.8. The third-order valence-electron chi connectivity index (χ3n) is 5.62. The molecule has 0 spiro atoms. The highest BCUT2D eigenvalue weighted by molar-refractivity contribution is 5.94. The van der Waals surface area contributed by atoms with Crippen LogP contribution < -0.4 is 5.32 Å². The Hall–Kier alpha value is -1.39. The predicted molar refractivity (Wildman–Crippen MR) is 121 cm³/mol. The molecule has 29 heavy (non-hydrogen) atoms. The Kier molecular flexibility index (Phi) is 14.5. The second-order valence-corrected chi connectivity index (χ2v) is 8.25. The lowest BCUT2D eigenvalue weighted by Crippen LogP contribution is -2.45. The van der Waals surface area contributed by atoms with Crippen LogP contribution in [0, 0.1) is 0 Å². The summed E-state index contributed by atoms with van der Waals surface area (Å²) in [6.07, 6.45) is 14.1. The smallest absolute Gasteiger partial charge is 0.251 e. The Morgan fingerprint density at radius 3 is 2.00 bits per heavy atom. The van der Waals surface area contributed by atoms with Crippen LogP contribution in [0.2, 0.25) is 0 Å². The van der Waals surface area contributed by atoms with Crippen molar-refractivity contribution in [2.75, 3.05) is 6.61 Å². The van der Waals surface area contributed by atoms with Gasteiger partial charge in [-0.15, -0.1) is 0 Å². The molecular weight excluding hydrogens is 362 g/mol. The van der Waals surface area contributed by atoms with Crippen molar-refractivity contribution in [3.8, 4) is 0 Å². The molecule has 1 aromatic carbocycles. The van der Waals surface area contributed by atoms with Crippen molar-refractivity contribution in [2.45, 2.75) is 109 Å². The molecule has 0 aliphatic rings. The molecule has 1 amide bonds. The van der Waals surface area contributed by atoms with Crippen molar-refractivity contribution in [3.63, 3.8) is 0 Å². The lowest BCUT2D eigenvalue weighted by molar-refractivity contribution is 0.0661. The van der Waals surface area contributed by atoms with Gasteiger partial charge in [0.05, 0.1) is 18.8 Å². The normalized spacial score (nSPS) is 13.2. The third-order valence-corrected chi connectivity index (χ3v) is 5.62. The Morgan fingerprint density at radius 1 is 0.862 bits per heavy atom. The van der Waals surface area contributed by atoms with Gasteiger partial charge in [0, 0.05) is 5.56 Å². The second kappa shape index (κ2) is 16.4. The number of unbranched alkanes of at least 4 members (excludes halogenated alkanes) is 9. The van der Waals surface area contributed by atoms with E-state index >= 15 is 0 Å². The molecule has 2 atom stereocenters. The van der Waals surface area contributed by atoms with E-state index < -0.39 is 12.1 Å². The number of rotatable bonds is 17. The summed E-state index contributed by atoms with van der Waals surface area (Å²) in [5.74, 6) is -0.236. The molecule has 0 unspecified atom stereocenters. The summed E-state index contributed by atoms with van der Waals surface area (Å²) in [5, 5.41) is 22.7. The Bertz CT molecular complexity index is 529. The number of benzene rings is 1. The number of carbonyl (C=O) groups excluding carboxylic acids is 1. The SMILES string of the molecule is CCCCCCCC[C@@H](O)[C@H](CO)NC(=O)c1ccc(CCCCCCC)cc1. The Balaban J connectivity index is 2.37. The largest absolute Gasteiger partial charge is 0.394 e. The van der Waals surface area contributed by atoms with Crippen LogP contribution in [0.4, 0.5) is 0 Å². The van der Waals surface area contributed by atoms with E-state index in [1.807, 2.05) is 24.3 Å². The molecule has 166 valence electrons. The molecule has 4 heteroatoms. The van der Waals surface area contributed by atoms with E-state index in [1.54, 1.807) is 0 Å². The molecule has 0 aliphatic heterocycles. The first kappa shape index (κ1) is 25.6. The summed E-state index contributed by atoms with van der Waals surface area (Å²) in [6, 6.07) is 7.08. The average molecular weight is 406 g/mol. The quantitative estimate of drug-likeness (QED) is 0.304. The highest BCUT2D eigenvalue weighted by Crippen LogP contribution is 2.13. The molecule has 4 nitrogen and oxygen atoms in total. The van der Waals surface area contributed by atoms with Gasteiger partial charge in [0.15, 0.2) is 0 Å². The average Bonchev–Trinajstić information content (AvgIpc) is 2.74. The minimum atomic E-state index is -0.711. The van der Waals surface area contributed by atoms with Crippen molar-refractivity contribution in [2.24, 2.45) is 0 Å². The minimum absolute atomic E-state index is 0.236. The number of hydrogen-bond acceptors (Lipinski definition) is 3. The molecule has 0 saturated carbocycles. The van der Waals surface area contributed by atoms with Gasteiger partial charge in [-0.1, -0.05) is 90.2 Å². The zero-order chi connectivity index (χ0) is 21.3. The number of hydrogen-bond donors (Lipinski definition) is 3. The molecule has 0 bridgehead atoms. The fourth-order valence-corrected chi connectivity index (χ4v) is 3.61. The van der Waals surface area contributed by atoms with Crippen LogP contribution in [0.1, 0.15) is 107 Å². The van der Waals surface area contributed by atoms with Crippen LogP contribution in [0.5, 0.6) is 0 Å². The Morgan fingerprint density at radius 2 is 1.41 bits per heavy atom. The van der Waals surface area contributed by atoms with Gasteiger partial charge in [0.25, 0.3) is 5.91 Å². The third kappa shape index (κ3) is 11.4. The summed E-state index contributed by atoms with van der Waals surface area (Å²) < 4.78 is 0. The number of nitrogens with one attached hydrogen (secondary N) is 1. The van der Waals surface area contributed by atoms with Crippen LogP contribution in [0.15, 0.2) is 24.3 Å². The highest BCUT2D eigenvalue weighted by Gasteiger charge is 2.20. The van der Waals surface area contributed by atoms with Gasteiger partial charge >= 0.3 is 0 Å². The zero-order valence-corrected chi connectivity index (χ0v) is 18.7. The maximum absolute atomic E-state index is 12.5. The van der Waals surface area contributed by atoms with E-state index in [2.05, 4.69) is 19.2 Å². The molecular formula is C25H43NO3. The number of amides is 1. The molecule has 0 fully saturated rings. The maximum Gasteiger partial charge on any atom is 0.251 e. The van der Waals surface area contributed by atoms with Crippen molar-refractivity contribution in [1.29, 1.82) is 0 Å². The standard InChI is InChI=1S/C25H43NO3/c1-3-5-7-9-11-13-15-24(28)23(20-27)26-25(29)22-18-16-21(17-19-22)14-12-10-8-6-4-2/h16-19,23-24,27-28H,3-15,20H2,1-2H3,(H,26,29)/t23-,24+/m0/s1. The lowest BCUT2D eigenvalue weighted by Gasteiger charge is -2.22. The summed E-state index contributed by atoms with van der Waals surface area (Å²) in [4.78, 5) is 12.5. The first-order valence-electron chi connectivity index (χ1n) is 11.8. The monoisotopic (exact) mass is 405 g/mol. The van der Waals surface area contributed by atoms with Gasteiger partial charge in [0.2, 0.25) is 0 Å². The van der Waals surface area contributed by atoms with Crippen LogP contribution in [-0.4, -0.2) is 34.9 Å². The van der Waals surface area contributed by atoms with Crippen LogP contribution >= 0.6 is 0 Å². The molecule has 0 heterocycles. The van der Waals surface area contributed by atoms with Crippen molar-refractivity contribution in [3.05, 3.63) is 35.4 Å². The molecule has 1 aromatic rings. The van der Waals surface area contributed by atoms with E-state index in [0.29, 0.717) is 12.0 Å². The van der Waals surface area contributed by atoms with Gasteiger partial charge in [-0.3, -0.25) is 4.79 Å². The number of aliphatic hydroxyl groups is 2. The van der Waals surface area contributed by atoms with Crippen molar-refractivity contribution >= 4 is 5.91 Å². The van der Waals surface area contributed by atoms with Crippen LogP contribution in [0.3, 0.4) is 0 Å². The minimum Gasteiger partial charge on any atom is -0.394 e. The molecule has 0 saturated heterocycles. The van der Waals surface area contributed by atoms with E-state index in [1.165, 1.54) is 63.4 Å². The first-order chi connectivity index (χ1) is 14.1. The summed E-state index contributed by atoms with van der Waals surface area (Å²) in [6.45, 7) is 4.16. The van der Waals surface area contributed by atoms with Crippen LogP contribution in [0.25, 0.3) is 0 Å². The van der Waals surface area contributed by atoms with Crippen molar-refractivity contribution in [1.82, 2.24) is 5.32 Å². The number of carbonyl (C=O) groups is 1. The highest BCUT2D eigenvalue weighted by atomic mass is 16.3. The fourth-order valence-electron chi connectivity index (χ4n) is 3.61. The van der Waals surface area contributed by atoms with Crippen molar-refractivity contribution < 1.29 is 15.0 Å². The molecule has 3 N–H and O–H groups in total. The Labute approximate surface area is 178 Å².